The molecule has 0 unspecified atom stereocenters. The summed E-state index contributed by atoms with van der Waals surface area (Å²) >= 11 is 0. The molecule has 148 valence electrons. The number of fused-ring (bicyclic) bond motifs is 1. The van der Waals surface area contributed by atoms with Gasteiger partial charge in [0.1, 0.15) is 11.6 Å². The summed E-state index contributed by atoms with van der Waals surface area (Å²) in [7, 11) is 1.23. The van der Waals surface area contributed by atoms with Crippen molar-refractivity contribution in [1.82, 2.24) is 13.9 Å². The minimum absolute atomic E-state index is 0.170. The normalized spacial score (nSPS) is 11.9. The maximum atomic E-state index is 12.9. The van der Waals surface area contributed by atoms with Crippen molar-refractivity contribution in [2.45, 2.75) is 17.7 Å². The van der Waals surface area contributed by atoms with Crippen LogP contribution in [-0.2, 0) is 28.3 Å². The lowest BCUT2D eigenvalue weighted by atomic mass is 10.2. The Morgan fingerprint density at radius 3 is 2.50 bits per heavy atom. The Balaban J connectivity index is 1.75. The second-order valence-electron chi connectivity index (χ2n) is 6.58. The van der Waals surface area contributed by atoms with E-state index in [2.05, 4.69) is 10.3 Å². The topological polar surface area (TPSA) is 84.3 Å². The number of anilines is 1. The first-order chi connectivity index (χ1) is 13.2. The average molecular weight is 404 g/mol. The van der Waals surface area contributed by atoms with E-state index in [1.807, 2.05) is 11.6 Å². The number of aryl methyl sites for hydroxylation is 2. The summed E-state index contributed by atoms with van der Waals surface area (Å²) in [6.45, 7) is 0. The van der Waals surface area contributed by atoms with Crippen molar-refractivity contribution >= 4 is 32.7 Å². The Bertz CT molecular complexity index is 1120. The second kappa shape index (κ2) is 7.69. The van der Waals surface area contributed by atoms with Gasteiger partial charge in [-0.3, -0.25) is 4.79 Å². The number of amides is 1. The third-order valence-corrected chi connectivity index (χ3v) is 6.24. The SMILES string of the molecule is CN(C)S(=O)(=O)c1ccc2c(c1)nc(CCC(=O)Nc1ccc(F)cc1)n2C. The molecule has 3 rings (SSSR count). The highest BCUT2D eigenvalue weighted by Gasteiger charge is 2.19. The maximum absolute atomic E-state index is 12.9. The molecule has 0 fully saturated rings. The minimum Gasteiger partial charge on any atom is -0.331 e. The number of halogens is 1. The number of benzene rings is 2. The summed E-state index contributed by atoms with van der Waals surface area (Å²) in [5, 5.41) is 2.71. The smallest absolute Gasteiger partial charge is 0.242 e. The van der Waals surface area contributed by atoms with Crippen molar-refractivity contribution in [2.75, 3.05) is 19.4 Å². The number of imidazole rings is 1. The van der Waals surface area contributed by atoms with Crippen LogP contribution >= 0.6 is 0 Å². The molecule has 28 heavy (non-hydrogen) atoms. The Morgan fingerprint density at radius 2 is 1.86 bits per heavy atom. The van der Waals surface area contributed by atoms with Gasteiger partial charge in [-0.2, -0.15) is 0 Å². The summed E-state index contributed by atoms with van der Waals surface area (Å²) in [5.74, 6) is 0.0894. The zero-order valence-corrected chi connectivity index (χ0v) is 16.6. The van der Waals surface area contributed by atoms with E-state index >= 15 is 0 Å². The summed E-state index contributed by atoms with van der Waals surface area (Å²) in [4.78, 5) is 16.8. The quantitative estimate of drug-likeness (QED) is 0.684. The van der Waals surface area contributed by atoms with Gasteiger partial charge in [-0.25, -0.2) is 22.1 Å². The molecule has 0 saturated heterocycles. The lowest BCUT2D eigenvalue weighted by Crippen LogP contribution is -2.22. The monoisotopic (exact) mass is 404 g/mol. The van der Waals surface area contributed by atoms with Crippen LogP contribution in [0.15, 0.2) is 47.4 Å². The van der Waals surface area contributed by atoms with Gasteiger partial charge in [-0.1, -0.05) is 0 Å². The van der Waals surface area contributed by atoms with E-state index < -0.39 is 10.0 Å². The van der Waals surface area contributed by atoms with Crippen LogP contribution < -0.4 is 5.32 Å². The first-order valence-electron chi connectivity index (χ1n) is 8.62. The zero-order chi connectivity index (χ0) is 20.5. The highest BCUT2D eigenvalue weighted by Crippen LogP contribution is 2.22. The van der Waals surface area contributed by atoms with Crippen LogP contribution in [0, 0.1) is 5.82 Å². The molecule has 0 radical (unpaired) electrons. The highest BCUT2D eigenvalue weighted by atomic mass is 32.2. The fraction of sp³-hybridized carbons (Fsp3) is 0.263. The zero-order valence-electron chi connectivity index (χ0n) is 15.8. The summed E-state index contributed by atoms with van der Waals surface area (Å²) in [6, 6.07) is 10.3. The number of carbonyl (C=O) groups is 1. The Kier molecular flexibility index (Phi) is 5.48. The van der Waals surface area contributed by atoms with Gasteiger partial charge in [0.25, 0.3) is 0 Å². The Morgan fingerprint density at radius 1 is 1.18 bits per heavy atom. The van der Waals surface area contributed by atoms with Gasteiger partial charge in [0.05, 0.1) is 15.9 Å². The van der Waals surface area contributed by atoms with Gasteiger partial charge in [-0.05, 0) is 42.5 Å². The van der Waals surface area contributed by atoms with E-state index in [0.717, 1.165) is 9.82 Å². The molecule has 0 spiro atoms. The number of nitrogens with one attached hydrogen (secondary N) is 1. The molecule has 0 aliphatic carbocycles. The molecule has 1 aromatic heterocycles. The molecule has 1 heterocycles. The molecule has 1 N–H and O–H groups in total. The standard InChI is InChI=1S/C19H21FN4O3S/c1-23(2)28(26,27)15-8-9-17-16(12-15)22-18(24(17)3)10-11-19(25)21-14-6-4-13(20)5-7-14/h4-9,12H,10-11H2,1-3H3,(H,21,25). The van der Waals surface area contributed by atoms with Crippen LogP contribution in [0.2, 0.25) is 0 Å². The second-order valence-corrected chi connectivity index (χ2v) is 8.73. The molecule has 9 heteroatoms. The van der Waals surface area contributed by atoms with Gasteiger partial charge in [0.15, 0.2) is 0 Å². The third-order valence-electron chi connectivity index (χ3n) is 4.43. The van der Waals surface area contributed by atoms with E-state index in [-0.39, 0.29) is 23.0 Å². The van der Waals surface area contributed by atoms with Gasteiger partial charge < -0.3 is 9.88 Å². The summed E-state index contributed by atoms with van der Waals surface area (Å²) < 4.78 is 40.5. The van der Waals surface area contributed by atoms with Gasteiger partial charge in [0.2, 0.25) is 15.9 Å². The van der Waals surface area contributed by atoms with Crippen LogP contribution in [-0.4, -0.2) is 42.3 Å². The van der Waals surface area contributed by atoms with Crippen LogP contribution in [0.5, 0.6) is 0 Å². The van der Waals surface area contributed by atoms with Crippen molar-refractivity contribution in [3.05, 3.63) is 54.1 Å². The summed E-state index contributed by atoms with van der Waals surface area (Å²) in [6.07, 6.45) is 0.575. The van der Waals surface area contributed by atoms with E-state index in [4.69, 9.17) is 0 Å². The molecule has 0 aliphatic heterocycles. The largest absolute Gasteiger partial charge is 0.331 e. The number of hydrogen-bond donors (Lipinski definition) is 1. The molecular formula is C19H21FN4O3S. The Hall–Kier alpha value is -2.78. The molecule has 1 amide bonds. The number of aromatic nitrogens is 2. The highest BCUT2D eigenvalue weighted by molar-refractivity contribution is 7.89. The molecule has 0 bridgehead atoms. The molecular weight excluding hydrogens is 383 g/mol. The first-order valence-corrected chi connectivity index (χ1v) is 10.1. The van der Waals surface area contributed by atoms with Crippen molar-refractivity contribution in [1.29, 1.82) is 0 Å². The third kappa shape index (κ3) is 4.05. The van der Waals surface area contributed by atoms with E-state index in [1.165, 1.54) is 44.4 Å². The van der Waals surface area contributed by atoms with Crippen molar-refractivity contribution in [3.63, 3.8) is 0 Å². The molecule has 2 aromatic carbocycles. The first kappa shape index (κ1) is 20.0. The molecule has 0 aliphatic rings. The van der Waals surface area contributed by atoms with Crippen LogP contribution in [0.1, 0.15) is 12.2 Å². The minimum atomic E-state index is -3.54. The summed E-state index contributed by atoms with van der Waals surface area (Å²) in [5.41, 5.74) is 1.86. The van der Waals surface area contributed by atoms with Crippen molar-refractivity contribution in [2.24, 2.45) is 7.05 Å². The number of sulfonamides is 1. The number of rotatable bonds is 6. The van der Waals surface area contributed by atoms with Crippen molar-refractivity contribution in [3.8, 4) is 0 Å². The molecule has 0 saturated carbocycles. The number of hydrogen-bond acceptors (Lipinski definition) is 4. The van der Waals surface area contributed by atoms with Crippen LogP contribution in [0.25, 0.3) is 11.0 Å². The fourth-order valence-corrected chi connectivity index (χ4v) is 3.73. The predicted molar refractivity (Wildman–Crippen MR) is 105 cm³/mol. The average Bonchev–Trinajstić information content (AvgIpc) is 2.97. The lowest BCUT2D eigenvalue weighted by molar-refractivity contribution is -0.116. The van der Waals surface area contributed by atoms with Crippen molar-refractivity contribution < 1.29 is 17.6 Å². The molecule has 7 nitrogen and oxygen atoms in total. The van der Waals surface area contributed by atoms with Crippen LogP contribution in [0.3, 0.4) is 0 Å². The molecule has 0 atom stereocenters. The molecule has 3 aromatic rings. The van der Waals surface area contributed by atoms with E-state index in [0.29, 0.717) is 23.4 Å². The predicted octanol–water partition coefficient (Wildman–Crippen LogP) is 2.53. The van der Waals surface area contributed by atoms with E-state index in [9.17, 15) is 17.6 Å². The van der Waals surface area contributed by atoms with Gasteiger partial charge in [0, 0.05) is 39.7 Å². The van der Waals surface area contributed by atoms with Crippen LogP contribution in [0.4, 0.5) is 10.1 Å². The van der Waals surface area contributed by atoms with Gasteiger partial charge in [-0.15, -0.1) is 0 Å². The van der Waals surface area contributed by atoms with Gasteiger partial charge >= 0.3 is 0 Å². The lowest BCUT2D eigenvalue weighted by Gasteiger charge is -2.10. The van der Waals surface area contributed by atoms with E-state index in [1.54, 1.807) is 12.1 Å². The fourth-order valence-electron chi connectivity index (χ4n) is 2.81. The maximum Gasteiger partial charge on any atom is 0.242 e. The number of carbonyl (C=O) groups excluding carboxylic acids is 1. The Labute approximate surface area is 162 Å². The number of nitrogens with zero attached hydrogens (tertiary/aromatic N) is 3.